The summed E-state index contributed by atoms with van der Waals surface area (Å²) in [5, 5.41) is 9.69. The monoisotopic (exact) mass is 506 g/mol. The maximum atomic E-state index is 12.1. The number of hydrogen-bond acceptors (Lipinski definition) is 2. The van der Waals surface area contributed by atoms with E-state index in [-0.39, 0.29) is 35.8 Å². The van der Waals surface area contributed by atoms with E-state index in [1.807, 2.05) is 18.2 Å². The van der Waals surface area contributed by atoms with E-state index in [4.69, 9.17) is 0 Å². The summed E-state index contributed by atoms with van der Waals surface area (Å²) in [4.78, 5) is 16.8. The Morgan fingerprint density at radius 2 is 1.83 bits per heavy atom. The van der Waals surface area contributed by atoms with Gasteiger partial charge in [0.15, 0.2) is 5.96 Å². The predicted molar refractivity (Wildman–Crippen MR) is 131 cm³/mol. The Kier molecular flexibility index (Phi) is 9.44. The number of rotatable bonds is 7. The average Bonchev–Trinajstić information content (AvgIpc) is 2.63. The van der Waals surface area contributed by atoms with Crippen LogP contribution >= 0.6 is 24.0 Å². The molecule has 0 heterocycles. The van der Waals surface area contributed by atoms with Crippen molar-refractivity contribution in [1.82, 2.24) is 10.6 Å². The normalized spacial score (nSPS) is 13.8. The van der Waals surface area contributed by atoms with Gasteiger partial charge in [0.05, 0.1) is 6.54 Å². The van der Waals surface area contributed by atoms with Crippen LogP contribution in [0.5, 0.6) is 0 Å². The topological polar surface area (TPSA) is 65.5 Å². The number of guanidine groups is 1. The molecular formula is C23H31IN4O. The molecule has 0 atom stereocenters. The molecule has 0 aromatic heterocycles. The second kappa shape index (κ2) is 11.8. The zero-order valence-corrected chi connectivity index (χ0v) is 19.5. The van der Waals surface area contributed by atoms with E-state index in [1.165, 1.54) is 11.1 Å². The number of carbonyl (C=O) groups is 1. The second-order valence-electron chi connectivity index (χ2n) is 7.36. The first-order valence-electron chi connectivity index (χ1n) is 10.1. The molecular weight excluding hydrogens is 475 g/mol. The molecule has 5 nitrogen and oxygen atoms in total. The molecule has 0 radical (unpaired) electrons. The molecule has 0 aliphatic heterocycles. The summed E-state index contributed by atoms with van der Waals surface area (Å²) in [7, 11) is 0. The van der Waals surface area contributed by atoms with Crippen molar-refractivity contribution in [3.8, 4) is 0 Å². The van der Waals surface area contributed by atoms with Crippen molar-refractivity contribution >= 4 is 41.5 Å². The van der Waals surface area contributed by atoms with E-state index in [0.717, 1.165) is 43.0 Å². The molecule has 1 saturated carbocycles. The number of nitrogens with zero attached hydrogens (tertiary/aromatic N) is 1. The molecule has 1 amide bonds. The van der Waals surface area contributed by atoms with Crippen LogP contribution in [0.2, 0.25) is 0 Å². The molecule has 3 rings (SSSR count). The van der Waals surface area contributed by atoms with Crippen molar-refractivity contribution in [2.45, 2.75) is 46.2 Å². The molecule has 6 heteroatoms. The summed E-state index contributed by atoms with van der Waals surface area (Å²) in [6.07, 6.45) is 3.18. The first-order chi connectivity index (χ1) is 13.6. The van der Waals surface area contributed by atoms with Crippen molar-refractivity contribution in [3.63, 3.8) is 0 Å². The van der Waals surface area contributed by atoms with Gasteiger partial charge in [0, 0.05) is 24.7 Å². The number of hydrogen-bond donors (Lipinski definition) is 3. The summed E-state index contributed by atoms with van der Waals surface area (Å²) in [5.41, 5.74) is 4.40. The van der Waals surface area contributed by atoms with Crippen molar-refractivity contribution in [2.24, 2.45) is 10.9 Å². The zero-order chi connectivity index (χ0) is 19.8. The van der Waals surface area contributed by atoms with E-state index >= 15 is 0 Å². The highest BCUT2D eigenvalue weighted by molar-refractivity contribution is 14.0. The van der Waals surface area contributed by atoms with Crippen LogP contribution in [0.25, 0.3) is 0 Å². The van der Waals surface area contributed by atoms with E-state index in [2.05, 4.69) is 65.1 Å². The Morgan fingerprint density at radius 1 is 1.07 bits per heavy atom. The van der Waals surface area contributed by atoms with Crippen LogP contribution in [0.3, 0.4) is 0 Å². The number of nitrogens with one attached hydrogen (secondary N) is 3. The van der Waals surface area contributed by atoms with Gasteiger partial charge in [0.2, 0.25) is 5.91 Å². The highest BCUT2D eigenvalue weighted by atomic mass is 127. The molecule has 0 saturated heterocycles. The van der Waals surface area contributed by atoms with Gasteiger partial charge in [0.25, 0.3) is 0 Å². The molecule has 0 bridgehead atoms. The molecule has 1 aliphatic rings. The van der Waals surface area contributed by atoms with Crippen molar-refractivity contribution < 1.29 is 4.79 Å². The summed E-state index contributed by atoms with van der Waals surface area (Å²) in [5.74, 6) is 1.12. The largest absolute Gasteiger partial charge is 0.357 e. The number of carbonyl (C=O) groups excluding carboxylic acids is 1. The Morgan fingerprint density at radius 3 is 2.52 bits per heavy atom. The summed E-state index contributed by atoms with van der Waals surface area (Å²) >= 11 is 0. The van der Waals surface area contributed by atoms with Crippen LogP contribution in [0.4, 0.5) is 5.69 Å². The summed E-state index contributed by atoms with van der Waals surface area (Å²) in [6, 6.07) is 16.4. The second-order valence-corrected chi connectivity index (χ2v) is 7.36. The van der Waals surface area contributed by atoms with E-state index in [9.17, 15) is 4.79 Å². The fourth-order valence-corrected chi connectivity index (χ4v) is 3.18. The minimum absolute atomic E-state index is 0. The molecule has 3 N–H and O–H groups in total. The Labute approximate surface area is 190 Å². The zero-order valence-electron chi connectivity index (χ0n) is 17.2. The van der Waals surface area contributed by atoms with Gasteiger partial charge < -0.3 is 16.0 Å². The number of halogens is 1. The average molecular weight is 506 g/mol. The van der Waals surface area contributed by atoms with Crippen LogP contribution in [0.15, 0.2) is 53.5 Å². The van der Waals surface area contributed by atoms with E-state index in [0.29, 0.717) is 13.1 Å². The third-order valence-corrected chi connectivity index (χ3v) is 4.98. The van der Waals surface area contributed by atoms with Crippen LogP contribution in [-0.2, 0) is 17.9 Å². The molecule has 2 aromatic rings. The quantitative estimate of drug-likeness (QED) is 0.292. The smallest absolute Gasteiger partial charge is 0.227 e. The fourth-order valence-electron chi connectivity index (χ4n) is 3.18. The minimum atomic E-state index is 0. The molecule has 29 heavy (non-hydrogen) atoms. The summed E-state index contributed by atoms with van der Waals surface area (Å²) in [6.45, 7) is 6.23. The lowest BCUT2D eigenvalue weighted by Crippen LogP contribution is -2.36. The Hall–Kier alpha value is -2.09. The van der Waals surface area contributed by atoms with Crippen LogP contribution in [0, 0.1) is 12.8 Å². The molecule has 2 aromatic carbocycles. The summed E-state index contributed by atoms with van der Waals surface area (Å²) < 4.78 is 0. The van der Waals surface area contributed by atoms with Gasteiger partial charge in [-0.05, 0) is 49.9 Å². The molecule has 156 valence electrons. The molecule has 1 fully saturated rings. The lowest BCUT2D eigenvalue weighted by Gasteiger charge is -2.24. The number of aryl methyl sites for hydroxylation is 1. The predicted octanol–water partition coefficient (Wildman–Crippen LogP) is 4.61. The molecule has 0 spiro atoms. The van der Waals surface area contributed by atoms with Gasteiger partial charge in [-0.3, -0.25) is 4.79 Å². The number of benzene rings is 2. The lowest BCUT2D eigenvalue weighted by molar-refractivity contribution is -0.122. The van der Waals surface area contributed by atoms with Crippen molar-refractivity contribution in [1.29, 1.82) is 0 Å². The van der Waals surface area contributed by atoms with Crippen LogP contribution < -0.4 is 16.0 Å². The van der Waals surface area contributed by atoms with Gasteiger partial charge in [0.1, 0.15) is 0 Å². The van der Waals surface area contributed by atoms with Gasteiger partial charge in [-0.2, -0.15) is 0 Å². The first kappa shape index (κ1) is 23.2. The van der Waals surface area contributed by atoms with Gasteiger partial charge in [-0.15, -0.1) is 24.0 Å². The number of amides is 1. The first-order valence-corrected chi connectivity index (χ1v) is 10.1. The highest BCUT2D eigenvalue weighted by Crippen LogP contribution is 2.27. The molecule has 0 unspecified atom stereocenters. The standard InChI is InChI=1S/C23H30N4O.HI/c1-3-24-23(25-15-18-8-4-7-17(2)13-18)26-16-19-9-5-12-21(14-19)27-22(28)20-10-6-11-20;/h4-5,7-9,12-14,20H,3,6,10-11,15-16H2,1-2H3,(H,27,28)(H2,24,25,26);1H. The number of aliphatic imine (C=N–C) groups is 1. The van der Waals surface area contributed by atoms with Gasteiger partial charge >= 0.3 is 0 Å². The SMILES string of the molecule is CCNC(=NCc1cccc(C)c1)NCc1cccc(NC(=O)C2CCC2)c1.I. The third kappa shape index (κ3) is 7.34. The van der Waals surface area contributed by atoms with Gasteiger partial charge in [-0.1, -0.05) is 48.4 Å². The van der Waals surface area contributed by atoms with Crippen molar-refractivity contribution in [2.75, 3.05) is 11.9 Å². The minimum Gasteiger partial charge on any atom is -0.357 e. The maximum Gasteiger partial charge on any atom is 0.227 e. The van der Waals surface area contributed by atoms with E-state index < -0.39 is 0 Å². The Bertz CT molecular complexity index is 833. The van der Waals surface area contributed by atoms with Crippen LogP contribution in [-0.4, -0.2) is 18.4 Å². The van der Waals surface area contributed by atoms with Gasteiger partial charge in [-0.25, -0.2) is 4.99 Å². The van der Waals surface area contributed by atoms with E-state index in [1.54, 1.807) is 0 Å². The van der Waals surface area contributed by atoms with Crippen LogP contribution in [0.1, 0.15) is 42.9 Å². The lowest BCUT2D eigenvalue weighted by atomic mass is 9.85. The molecule has 1 aliphatic carbocycles. The highest BCUT2D eigenvalue weighted by Gasteiger charge is 2.25. The maximum absolute atomic E-state index is 12.1. The number of anilines is 1. The Balaban J connectivity index is 0.00000300. The fraction of sp³-hybridized carbons (Fsp3) is 0.391. The third-order valence-electron chi connectivity index (χ3n) is 4.98. The van der Waals surface area contributed by atoms with Crippen molar-refractivity contribution in [3.05, 3.63) is 65.2 Å².